The fourth-order valence-corrected chi connectivity index (χ4v) is 2.22. The molecule has 2 unspecified atom stereocenters. The van der Waals surface area contributed by atoms with Gasteiger partial charge in [-0.05, 0) is 19.8 Å². The molecule has 1 aromatic heterocycles. The lowest BCUT2D eigenvalue weighted by Crippen LogP contribution is -2.45. The molecule has 2 atom stereocenters. The summed E-state index contributed by atoms with van der Waals surface area (Å²) in [5.74, 6) is 1.46. The molecule has 0 amide bonds. The van der Waals surface area contributed by atoms with E-state index in [0.29, 0.717) is 5.92 Å². The van der Waals surface area contributed by atoms with Crippen LogP contribution in [-0.4, -0.2) is 35.3 Å². The zero-order valence-electron chi connectivity index (χ0n) is 11.1. The van der Waals surface area contributed by atoms with Gasteiger partial charge < -0.3 is 9.64 Å². The number of hydrogen-bond acceptors (Lipinski definition) is 4. The topological polar surface area (TPSA) is 38.2 Å². The van der Waals surface area contributed by atoms with Gasteiger partial charge in [-0.2, -0.15) is 0 Å². The van der Waals surface area contributed by atoms with Crippen molar-refractivity contribution in [2.45, 2.75) is 45.8 Å². The highest BCUT2D eigenvalue weighted by molar-refractivity contribution is 5.40. The minimum Gasteiger partial charge on any atom is -0.372 e. The van der Waals surface area contributed by atoms with Gasteiger partial charge in [0, 0.05) is 24.8 Å². The molecule has 1 fully saturated rings. The van der Waals surface area contributed by atoms with Crippen molar-refractivity contribution in [1.29, 1.82) is 0 Å². The number of nitrogens with zero attached hydrogens (tertiary/aromatic N) is 3. The summed E-state index contributed by atoms with van der Waals surface area (Å²) in [5.41, 5.74) is 1.10. The quantitative estimate of drug-likeness (QED) is 0.787. The van der Waals surface area contributed by atoms with Crippen molar-refractivity contribution in [1.82, 2.24) is 9.97 Å². The lowest BCUT2D eigenvalue weighted by Gasteiger charge is -2.36. The molecule has 1 saturated heterocycles. The Morgan fingerprint density at radius 2 is 1.88 bits per heavy atom. The van der Waals surface area contributed by atoms with E-state index < -0.39 is 0 Å². The fraction of sp³-hybridized carbons (Fsp3) is 0.692. The number of hydrogen-bond donors (Lipinski definition) is 0. The predicted octanol–water partition coefficient (Wildman–Crippen LogP) is 2.21. The van der Waals surface area contributed by atoms with Crippen molar-refractivity contribution < 1.29 is 4.74 Å². The number of rotatable bonds is 2. The van der Waals surface area contributed by atoms with Gasteiger partial charge in [-0.25, -0.2) is 9.97 Å². The van der Waals surface area contributed by atoms with Crippen molar-refractivity contribution in [2.75, 3.05) is 18.0 Å². The molecule has 0 N–H and O–H groups in total. The van der Waals surface area contributed by atoms with E-state index in [2.05, 4.69) is 48.6 Å². The van der Waals surface area contributed by atoms with Crippen LogP contribution in [0.15, 0.2) is 12.4 Å². The Hall–Kier alpha value is -1.16. The summed E-state index contributed by atoms with van der Waals surface area (Å²) in [6.45, 7) is 10.3. The van der Waals surface area contributed by atoms with Gasteiger partial charge in [-0.1, -0.05) is 13.8 Å². The zero-order chi connectivity index (χ0) is 12.4. The van der Waals surface area contributed by atoms with Crippen LogP contribution in [0.3, 0.4) is 0 Å². The lowest BCUT2D eigenvalue weighted by molar-refractivity contribution is -0.00547. The Balaban J connectivity index is 2.18. The minimum absolute atomic E-state index is 0.260. The van der Waals surface area contributed by atoms with E-state index in [4.69, 9.17) is 4.74 Å². The van der Waals surface area contributed by atoms with Gasteiger partial charge >= 0.3 is 0 Å². The molecule has 17 heavy (non-hydrogen) atoms. The van der Waals surface area contributed by atoms with Crippen LogP contribution in [-0.2, 0) is 4.74 Å². The van der Waals surface area contributed by atoms with Gasteiger partial charge in [0.1, 0.15) is 12.1 Å². The molecule has 0 saturated carbocycles. The molecule has 4 nitrogen and oxygen atoms in total. The van der Waals surface area contributed by atoms with Crippen molar-refractivity contribution in [2.24, 2.45) is 0 Å². The Morgan fingerprint density at radius 1 is 1.24 bits per heavy atom. The molecule has 2 heterocycles. The first-order chi connectivity index (χ1) is 8.06. The van der Waals surface area contributed by atoms with E-state index in [1.54, 1.807) is 6.33 Å². The summed E-state index contributed by atoms with van der Waals surface area (Å²) in [5, 5.41) is 0. The van der Waals surface area contributed by atoms with Crippen LogP contribution < -0.4 is 4.90 Å². The second-order valence-corrected chi connectivity index (χ2v) is 5.12. The van der Waals surface area contributed by atoms with E-state index >= 15 is 0 Å². The molecule has 2 rings (SSSR count). The molecule has 1 aliphatic heterocycles. The molecule has 4 heteroatoms. The summed E-state index contributed by atoms with van der Waals surface area (Å²) in [6, 6.07) is 2.09. The number of anilines is 1. The molecule has 1 aliphatic rings. The normalized spacial score (nSPS) is 25.4. The lowest BCUT2D eigenvalue weighted by atomic mass is 10.1. The Kier molecular flexibility index (Phi) is 3.62. The van der Waals surface area contributed by atoms with E-state index in [-0.39, 0.29) is 12.2 Å². The van der Waals surface area contributed by atoms with Crippen molar-refractivity contribution in [3.63, 3.8) is 0 Å². The van der Waals surface area contributed by atoms with Gasteiger partial charge in [-0.15, -0.1) is 0 Å². The number of aromatic nitrogens is 2. The van der Waals surface area contributed by atoms with Crippen LogP contribution in [0.2, 0.25) is 0 Å². The predicted molar refractivity (Wildman–Crippen MR) is 68.3 cm³/mol. The average Bonchev–Trinajstić information content (AvgIpc) is 2.28. The number of morpholine rings is 1. The SMILES string of the molecule is CC1CN(c2cc(C(C)C)ncn2)CC(C)O1. The monoisotopic (exact) mass is 235 g/mol. The third kappa shape index (κ3) is 2.94. The molecule has 0 aliphatic carbocycles. The maximum absolute atomic E-state index is 5.73. The summed E-state index contributed by atoms with van der Waals surface area (Å²) in [4.78, 5) is 11.0. The molecular formula is C13H21N3O. The Labute approximate surface area is 103 Å². The molecule has 0 aromatic carbocycles. The van der Waals surface area contributed by atoms with E-state index in [0.717, 1.165) is 24.6 Å². The maximum atomic E-state index is 5.73. The summed E-state index contributed by atoms with van der Waals surface area (Å²) in [7, 11) is 0. The van der Waals surface area contributed by atoms with Gasteiger partial charge in [0.2, 0.25) is 0 Å². The second-order valence-electron chi connectivity index (χ2n) is 5.12. The maximum Gasteiger partial charge on any atom is 0.132 e. The van der Waals surface area contributed by atoms with E-state index in [1.165, 1.54) is 0 Å². The standard InChI is InChI=1S/C13H21N3O/c1-9(2)12-5-13(15-8-14-12)16-6-10(3)17-11(4)7-16/h5,8-11H,6-7H2,1-4H3. The molecule has 0 spiro atoms. The minimum atomic E-state index is 0.260. The summed E-state index contributed by atoms with van der Waals surface area (Å²) in [6.07, 6.45) is 2.18. The number of ether oxygens (including phenoxy) is 1. The van der Waals surface area contributed by atoms with Crippen LogP contribution in [0.5, 0.6) is 0 Å². The fourth-order valence-electron chi connectivity index (χ4n) is 2.22. The summed E-state index contributed by atoms with van der Waals surface area (Å²) < 4.78 is 5.73. The molecule has 1 aromatic rings. The van der Waals surface area contributed by atoms with Crippen molar-refractivity contribution in [3.05, 3.63) is 18.1 Å². The Bertz CT molecular complexity index is 371. The third-order valence-corrected chi connectivity index (χ3v) is 3.01. The second kappa shape index (κ2) is 5.00. The van der Waals surface area contributed by atoms with Crippen molar-refractivity contribution >= 4 is 5.82 Å². The third-order valence-electron chi connectivity index (χ3n) is 3.01. The highest BCUT2D eigenvalue weighted by Gasteiger charge is 2.23. The highest BCUT2D eigenvalue weighted by atomic mass is 16.5. The zero-order valence-corrected chi connectivity index (χ0v) is 11.1. The van der Waals surface area contributed by atoms with E-state index in [1.807, 2.05) is 0 Å². The first-order valence-electron chi connectivity index (χ1n) is 6.28. The first-order valence-corrected chi connectivity index (χ1v) is 6.28. The van der Waals surface area contributed by atoms with Crippen LogP contribution >= 0.6 is 0 Å². The van der Waals surface area contributed by atoms with Crippen LogP contribution in [0, 0.1) is 0 Å². The largest absolute Gasteiger partial charge is 0.372 e. The van der Waals surface area contributed by atoms with Gasteiger partial charge in [0.25, 0.3) is 0 Å². The Morgan fingerprint density at radius 3 is 2.47 bits per heavy atom. The van der Waals surface area contributed by atoms with Gasteiger partial charge in [-0.3, -0.25) is 0 Å². The van der Waals surface area contributed by atoms with Crippen LogP contribution in [0.25, 0.3) is 0 Å². The van der Waals surface area contributed by atoms with E-state index in [9.17, 15) is 0 Å². The average molecular weight is 235 g/mol. The van der Waals surface area contributed by atoms with Gasteiger partial charge in [0.15, 0.2) is 0 Å². The smallest absolute Gasteiger partial charge is 0.132 e. The first kappa shape index (κ1) is 12.3. The highest BCUT2D eigenvalue weighted by Crippen LogP contribution is 2.20. The van der Waals surface area contributed by atoms with Crippen LogP contribution in [0.4, 0.5) is 5.82 Å². The van der Waals surface area contributed by atoms with Gasteiger partial charge in [0.05, 0.1) is 12.2 Å². The van der Waals surface area contributed by atoms with Crippen molar-refractivity contribution in [3.8, 4) is 0 Å². The molecule has 0 bridgehead atoms. The summed E-state index contributed by atoms with van der Waals surface area (Å²) >= 11 is 0. The molecule has 94 valence electrons. The molecular weight excluding hydrogens is 214 g/mol. The van der Waals surface area contributed by atoms with Crippen LogP contribution in [0.1, 0.15) is 39.3 Å². The molecule has 0 radical (unpaired) electrons.